The summed E-state index contributed by atoms with van der Waals surface area (Å²) in [6.07, 6.45) is 4.23. The maximum Gasteiger partial charge on any atom is 0.187 e. The summed E-state index contributed by atoms with van der Waals surface area (Å²) >= 11 is 5.16. The first-order valence-electron chi connectivity index (χ1n) is 6.76. The first kappa shape index (κ1) is 14.9. The van der Waals surface area contributed by atoms with Gasteiger partial charge in [0.05, 0.1) is 18.0 Å². The normalized spacial score (nSPS) is 18.6. The zero-order valence-electron chi connectivity index (χ0n) is 12.1. The Morgan fingerprint density at radius 3 is 3.00 bits per heavy atom. The Kier molecular flexibility index (Phi) is 5.08. The highest BCUT2D eigenvalue weighted by Gasteiger charge is 2.15. The van der Waals surface area contributed by atoms with Gasteiger partial charge in [0.15, 0.2) is 5.11 Å². The van der Waals surface area contributed by atoms with Gasteiger partial charge in [-0.2, -0.15) is 10.2 Å². The number of aryl methyl sites for hydroxylation is 2. The Labute approximate surface area is 124 Å². The van der Waals surface area contributed by atoms with Gasteiger partial charge in [-0.3, -0.25) is 10.1 Å². The average molecular weight is 295 g/mol. The first-order chi connectivity index (χ1) is 9.58. The monoisotopic (exact) mass is 295 g/mol. The first-order valence-corrected chi connectivity index (χ1v) is 7.17. The van der Waals surface area contributed by atoms with E-state index in [9.17, 15) is 0 Å². The zero-order valence-corrected chi connectivity index (χ0v) is 13.0. The lowest BCUT2D eigenvalue weighted by Crippen LogP contribution is -2.37. The van der Waals surface area contributed by atoms with Crippen LogP contribution in [0.15, 0.2) is 5.10 Å². The van der Waals surface area contributed by atoms with Crippen molar-refractivity contribution in [1.82, 2.24) is 20.5 Å². The Bertz CT molecular complexity index is 505. The van der Waals surface area contributed by atoms with Gasteiger partial charge < -0.3 is 10.1 Å². The van der Waals surface area contributed by atoms with Crippen LogP contribution in [0.25, 0.3) is 0 Å². The molecule has 1 atom stereocenters. The SMILES string of the molecule is Cc1nn(C)c(C)c1/C=N/NC(=S)NCC1CCCO1. The molecule has 0 spiro atoms. The maximum atomic E-state index is 5.51. The van der Waals surface area contributed by atoms with Gasteiger partial charge in [0.25, 0.3) is 0 Å². The second-order valence-electron chi connectivity index (χ2n) is 4.92. The summed E-state index contributed by atoms with van der Waals surface area (Å²) in [6, 6.07) is 0. The molecular formula is C13H21N5OS. The number of hydrazone groups is 1. The van der Waals surface area contributed by atoms with E-state index in [1.54, 1.807) is 6.21 Å². The zero-order chi connectivity index (χ0) is 14.5. The van der Waals surface area contributed by atoms with Crippen LogP contribution in [0.1, 0.15) is 29.8 Å². The quantitative estimate of drug-likeness (QED) is 0.493. The van der Waals surface area contributed by atoms with Crippen LogP contribution in [0.4, 0.5) is 0 Å². The summed E-state index contributed by atoms with van der Waals surface area (Å²) in [5.41, 5.74) is 5.86. The van der Waals surface area contributed by atoms with Crippen LogP contribution in [-0.2, 0) is 11.8 Å². The topological polar surface area (TPSA) is 63.5 Å². The molecular weight excluding hydrogens is 274 g/mol. The highest BCUT2D eigenvalue weighted by Crippen LogP contribution is 2.10. The van der Waals surface area contributed by atoms with E-state index in [4.69, 9.17) is 17.0 Å². The summed E-state index contributed by atoms with van der Waals surface area (Å²) in [5.74, 6) is 0. The lowest BCUT2D eigenvalue weighted by Gasteiger charge is -2.11. The Balaban J connectivity index is 1.78. The predicted octanol–water partition coefficient (Wildman–Crippen LogP) is 1.01. The van der Waals surface area contributed by atoms with Crippen molar-refractivity contribution >= 4 is 23.5 Å². The summed E-state index contributed by atoms with van der Waals surface area (Å²) in [6.45, 7) is 5.55. The minimum absolute atomic E-state index is 0.265. The van der Waals surface area contributed by atoms with Crippen LogP contribution < -0.4 is 10.7 Å². The van der Waals surface area contributed by atoms with Gasteiger partial charge >= 0.3 is 0 Å². The van der Waals surface area contributed by atoms with E-state index < -0.39 is 0 Å². The molecule has 0 aliphatic carbocycles. The van der Waals surface area contributed by atoms with Crippen LogP contribution in [-0.4, -0.2) is 40.4 Å². The molecule has 1 aliphatic rings. The van der Waals surface area contributed by atoms with Crippen molar-refractivity contribution in [2.75, 3.05) is 13.2 Å². The molecule has 1 aromatic rings. The van der Waals surface area contributed by atoms with Gasteiger partial charge in [0.1, 0.15) is 0 Å². The molecule has 7 heteroatoms. The fourth-order valence-electron chi connectivity index (χ4n) is 2.18. The fourth-order valence-corrected chi connectivity index (χ4v) is 2.32. The minimum Gasteiger partial charge on any atom is -0.376 e. The molecule has 2 rings (SSSR count). The molecule has 0 bridgehead atoms. The van der Waals surface area contributed by atoms with Crippen LogP contribution in [0.3, 0.4) is 0 Å². The van der Waals surface area contributed by atoms with Gasteiger partial charge in [-0.25, -0.2) is 0 Å². The van der Waals surface area contributed by atoms with Crippen LogP contribution >= 0.6 is 12.2 Å². The predicted molar refractivity (Wildman–Crippen MR) is 83.0 cm³/mol. The summed E-state index contributed by atoms with van der Waals surface area (Å²) in [7, 11) is 1.92. The Morgan fingerprint density at radius 2 is 2.40 bits per heavy atom. The van der Waals surface area contributed by atoms with Crippen molar-refractivity contribution in [3.05, 3.63) is 17.0 Å². The number of hydrogen-bond donors (Lipinski definition) is 2. The molecule has 6 nitrogen and oxygen atoms in total. The van der Waals surface area contributed by atoms with E-state index in [0.29, 0.717) is 5.11 Å². The molecule has 110 valence electrons. The Hall–Kier alpha value is -1.47. The lowest BCUT2D eigenvalue weighted by atomic mass is 10.2. The van der Waals surface area contributed by atoms with Gasteiger partial charge in [0.2, 0.25) is 0 Å². The molecule has 0 amide bonds. The third-order valence-corrected chi connectivity index (χ3v) is 3.67. The van der Waals surface area contributed by atoms with Gasteiger partial charge in [-0.1, -0.05) is 0 Å². The average Bonchev–Trinajstić information content (AvgIpc) is 3.00. The number of aromatic nitrogens is 2. The molecule has 0 saturated carbocycles. The maximum absolute atomic E-state index is 5.51. The highest BCUT2D eigenvalue weighted by molar-refractivity contribution is 7.80. The van der Waals surface area contributed by atoms with E-state index >= 15 is 0 Å². The molecule has 0 aromatic carbocycles. The fraction of sp³-hybridized carbons (Fsp3) is 0.615. The summed E-state index contributed by atoms with van der Waals surface area (Å²) in [4.78, 5) is 0. The van der Waals surface area contributed by atoms with Gasteiger partial charge in [-0.05, 0) is 38.9 Å². The standard InChI is InChI=1S/C13H21N5OS/c1-9-12(10(2)18(3)17-9)8-15-16-13(20)14-7-11-5-4-6-19-11/h8,11H,4-7H2,1-3H3,(H2,14,16,20)/b15-8+. The van der Waals surface area contributed by atoms with Crippen LogP contribution in [0.2, 0.25) is 0 Å². The number of rotatable bonds is 4. The Morgan fingerprint density at radius 1 is 1.60 bits per heavy atom. The van der Waals surface area contributed by atoms with Crippen LogP contribution in [0.5, 0.6) is 0 Å². The number of nitrogens with zero attached hydrogens (tertiary/aromatic N) is 3. The second-order valence-corrected chi connectivity index (χ2v) is 5.33. The molecule has 1 saturated heterocycles. The third-order valence-electron chi connectivity index (χ3n) is 3.44. The summed E-state index contributed by atoms with van der Waals surface area (Å²) in [5, 5.41) is 12.1. The van der Waals surface area contributed by atoms with E-state index in [-0.39, 0.29) is 6.10 Å². The van der Waals surface area contributed by atoms with Crippen molar-refractivity contribution < 1.29 is 4.74 Å². The largest absolute Gasteiger partial charge is 0.376 e. The molecule has 1 aromatic heterocycles. The minimum atomic E-state index is 0.265. The van der Waals surface area contributed by atoms with Gasteiger partial charge in [-0.15, -0.1) is 0 Å². The van der Waals surface area contributed by atoms with Crippen molar-refractivity contribution in [1.29, 1.82) is 0 Å². The van der Waals surface area contributed by atoms with Crippen LogP contribution in [0, 0.1) is 13.8 Å². The van der Waals surface area contributed by atoms with E-state index in [0.717, 1.165) is 42.9 Å². The molecule has 1 fully saturated rings. The van der Waals surface area contributed by atoms with E-state index in [2.05, 4.69) is 20.9 Å². The van der Waals surface area contributed by atoms with Crippen molar-refractivity contribution in [3.8, 4) is 0 Å². The number of nitrogens with one attached hydrogen (secondary N) is 2. The van der Waals surface area contributed by atoms with Crippen molar-refractivity contribution in [2.45, 2.75) is 32.8 Å². The van der Waals surface area contributed by atoms with E-state index in [1.165, 1.54) is 0 Å². The van der Waals surface area contributed by atoms with Crippen molar-refractivity contribution in [3.63, 3.8) is 0 Å². The summed E-state index contributed by atoms with van der Waals surface area (Å²) < 4.78 is 7.35. The molecule has 2 heterocycles. The second kappa shape index (κ2) is 6.81. The molecule has 1 aliphatic heterocycles. The highest BCUT2D eigenvalue weighted by atomic mass is 32.1. The molecule has 2 N–H and O–H groups in total. The molecule has 0 radical (unpaired) electrons. The van der Waals surface area contributed by atoms with E-state index in [1.807, 2.05) is 25.6 Å². The smallest absolute Gasteiger partial charge is 0.187 e. The molecule has 20 heavy (non-hydrogen) atoms. The third kappa shape index (κ3) is 3.77. The molecule has 1 unspecified atom stereocenters. The number of ether oxygens (including phenoxy) is 1. The lowest BCUT2D eigenvalue weighted by molar-refractivity contribution is 0.114. The van der Waals surface area contributed by atoms with Gasteiger partial charge in [0, 0.05) is 31.5 Å². The number of thiocarbonyl (C=S) groups is 1. The number of hydrogen-bond acceptors (Lipinski definition) is 4. The van der Waals surface area contributed by atoms with Crippen molar-refractivity contribution in [2.24, 2.45) is 12.1 Å².